The number of hydrogen-bond donors (Lipinski definition) is 2. The number of amides is 2. The first-order valence-electron chi connectivity index (χ1n) is 11.1. The van der Waals surface area contributed by atoms with Crippen molar-refractivity contribution in [3.05, 3.63) is 71.5 Å². The lowest BCUT2D eigenvalue weighted by molar-refractivity contribution is -0.146. The molecule has 2 heterocycles. The Kier molecular flexibility index (Phi) is 5.70. The molecule has 2 amide bonds. The molecule has 1 aliphatic heterocycles. The highest BCUT2D eigenvalue weighted by atomic mass is 16.5. The monoisotopic (exact) mass is 461 g/mol. The second kappa shape index (κ2) is 8.97. The number of carboxylic acid groups (broad SMARTS) is 1. The summed E-state index contributed by atoms with van der Waals surface area (Å²) in [6, 6.07) is 15.4. The molecule has 10 heteroatoms. The molecule has 1 unspecified atom stereocenters. The second-order valence-electron chi connectivity index (χ2n) is 8.26. The maximum Gasteiger partial charge on any atom is 0.407 e. The molecular formula is C24H23N5O5. The summed E-state index contributed by atoms with van der Waals surface area (Å²) in [6.07, 6.45) is 1.33. The Morgan fingerprint density at radius 2 is 1.74 bits per heavy atom. The van der Waals surface area contributed by atoms with Gasteiger partial charge in [0.1, 0.15) is 12.6 Å². The number of nitrogens with zero attached hydrogens (tertiary/aromatic N) is 4. The molecule has 2 aromatic carbocycles. The van der Waals surface area contributed by atoms with Crippen LogP contribution >= 0.6 is 0 Å². The van der Waals surface area contributed by atoms with Gasteiger partial charge in [-0.3, -0.25) is 4.79 Å². The molecule has 0 saturated carbocycles. The highest BCUT2D eigenvalue weighted by Crippen LogP contribution is 2.44. The van der Waals surface area contributed by atoms with Crippen LogP contribution in [-0.4, -0.2) is 68.7 Å². The summed E-state index contributed by atoms with van der Waals surface area (Å²) < 4.78 is 6.92. The van der Waals surface area contributed by atoms with E-state index in [1.165, 1.54) is 15.8 Å². The zero-order chi connectivity index (χ0) is 23.7. The molecule has 2 N–H and O–H groups in total. The minimum Gasteiger partial charge on any atom is -0.480 e. The normalized spacial score (nSPS) is 16.4. The number of hydrogen-bond acceptors (Lipinski definition) is 6. The predicted octanol–water partition coefficient (Wildman–Crippen LogP) is 2.12. The van der Waals surface area contributed by atoms with E-state index in [4.69, 9.17) is 9.84 Å². The van der Waals surface area contributed by atoms with Gasteiger partial charge in [0.2, 0.25) is 0 Å². The first kappa shape index (κ1) is 21.6. The number of carboxylic acids is 1. The van der Waals surface area contributed by atoms with E-state index >= 15 is 0 Å². The fraction of sp³-hybridized carbons (Fsp3) is 0.292. The number of benzene rings is 2. The van der Waals surface area contributed by atoms with Crippen molar-refractivity contribution in [2.24, 2.45) is 0 Å². The SMILES string of the molecule is O=C(NCCn1cc(C(=O)N2CCC2C(=O)O)nn1)OCC1c2ccccc2-c2ccccc21. The van der Waals surface area contributed by atoms with Crippen LogP contribution in [0.15, 0.2) is 54.7 Å². The Morgan fingerprint density at radius 1 is 1.06 bits per heavy atom. The summed E-state index contributed by atoms with van der Waals surface area (Å²) in [4.78, 5) is 37.0. The minimum absolute atomic E-state index is 0.0156. The summed E-state index contributed by atoms with van der Waals surface area (Å²) in [6.45, 7) is 1.12. The molecule has 3 aromatic rings. The Bertz CT molecular complexity index is 1210. The lowest BCUT2D eigenvalue weighted by atomic mass is 9.98. The average Bonchev–Trinajstić information content (AvgIpc) is 3.40. The van der Waals surface area contributed by atoms with Crippen molar-refractivity contribution in [1.82, 2.24) is 25.2 Å². The fourth-order valence-corrected chi connectivity index (χ4v) is 4.46. The number of fused-ring (bicyclic) bond motifs is 3. The molecule has 34 heavy (non-hydrogen) atoms. The number of carbonyl (C=O) groups excluding carboxylic acids is 2. The van der Waals surface area contributed by atoms with E-state index in [2.05, 4.69) is 39.9 Å². The van der Waals surface area contributed by atoms with Gasteiger partial charge >= 0.3 is 12.1 Å². The van der Waals surface area contributed by atoms with Gasteiger partial charge in [-0.1, -0.05) is 53.7 Å². The summed E-state index contributed by atoms with van der Waals surface area (Å²) >= 11 is 0. The molecule has 1 aromatic heterocycles. The lowest BCUT2D eigenvalue weighted by Crippen LogP contribution is -2.55. The number of carbonyl (C=O) groups is 3. The van der Waals surface area contributed by atoms with Crippen molar-refractivity contribution in [2.45, 2.75) is 24.9 Å². The molecular weight excluding hydrogens is 438 g/mol. The van der Waals surface area contributed by atoms with Crippen LogP contribution in [0.3, 0.4) is 0 Å². The van der Waals surface area contributed by atoms with Gasteiger partial charge in [0, 0.05) is 19.0 Å². The zero-order valence-corrected chi connectivity index (χ0v) is 18.3. The molecule has 10 nitrogen and oxygen atoms in total. The first-order valence-corrected chi connectivity index (χ1v) is 11.1. The Balaban J connectivity index is 1.11. The number of aromatic nitrogens is 3. The molecule has 174 valence electrons. The Morgan fingerprint density at radius 3 is 2.35 bits per heavy atom. The third kappa shape index (κ3) is 3.98. The van der Waals surface area contributed by atoms with Crippen LogP contribution in [-0.2, 0) is 16.1 Å². The van der Waals surface area contributed by atoms with E-state index in [0.29, 0.717) is 13.0 Å². The number of rotatable bonds is 7. The first-order chi connectivity index (χ1) is 16.5. The standard InChI is InChI=1S/C24H23N5O5/c30-22(29-11-9-21(29)23(31)32)20-13-28(27-26-20)12-10-25-24(33)34-14-19-17-7-3-1-5-15(17)16-6-2-4-8-18(16)19/h1-8,13,19,21H,9-12,14H2,(H,25,33)(H,31,32). The topological polar surface area (TPSA) is 127 Å². The number of aliphatic carboxylic acids is 1. The van der Waals surface area contributed by atoms with Gasteiger partial charge < -0.3 is 20.1 Å². The van der Waals surface area contributed by atoms with E-state index in [-0.39, 0.29) is 31.3 Å². The Labute approximate surface area is 195 Å². The molecule has 1 atom stereocenters. The van der Waals surface area contributed by atoms with Crippen LogP contribution in [0.4, 0.5) is 4.79 Å². The number of ether oxygens (including phenoxy) is 1. The summed E-state index contributed by atoms with van der Waals surface area (Å²) in [5, 5.41) is 19.5. The third-order valence-electron chi connectivity index (χ3n) is 6.28. The van der Waals surface area contributed by atoms with Gasteiger partial charge in [0.25, 0.3) is 5.91 Å². The number of alkyl carbamates (subject to hydrolysis) is 1. The maximum absolute atomic E-state index is 12.4. The van der Waals surface area contributed by atoms with E-state index in [0.717, 1.165) is 22.3 Å². The van der Waals surface area contributed by atoms with Crippen LogP contribution in [0.1, 0.15) is 34.0 Å². The van der Waals surface area contributed by atoms with Crippen LogP contribution in [0.25, 0.3) is 11.1 Å². The minimum atomic E-state index is -1.03. The third-order valence-corrected chi connectivity index (χ3v) is 6.28. The van der Waals surface area contributed by atoms with Crippen molar-refractivity contribution < 1.29 is 24.2 Å². The quantitative estimate of drug-likeness (QED) is 0.552. The Hall–Kier alpha value is -4.21. The molecule has 1 aliphatic carbocycles. The number of nitrogens with one attached hydrogen (secondary N) is 1. The van der Waals surface area contributed by atoms with Crippen molar-refractivity contribution >= 4 is 18.0 Å². The van der Waals surface area contributed by atoms with Crippen molar-refractivity contribution in [1.29, 1.82) is 0 Å². The van der Waals surface area contributed by atoms with Crippen molar-refractivity contribution in [2.75, 3.05) is 19.7 Å². The molecule has 0 radical (unpaired) electrons. The van der Waals surface area contributed by atoms with E-state index in [1.54, 1.807) is 0 Å². The smallest absolute Gasteiger partial charge is 0.407 e. The van der Waals surface area contributed by atoms with Crippen molar-refractivity contribution in [3.8, 4) is 11.1 Å². The van der Waals surface area contributed by atoms with E-state index in [9.17, 15) is 14.4 Å². The zero-order valence-electron chi connectivity index (χ0n) is 18.3. The molecule has 1 fully saturated rings. The molecule has 0 bridgehead atoms. The highest BCUT2D eigenvalue weighted by molar-refractivity contribution is 5.95. The largest absolute Gasteiger partial charge is 0.480 e. The summed E-state index contributed by atoms with van der Waals surface area (Å²) in [5.74, 6) is -1.51. The number of likely N-dealkylation sites (tertiary alicyclic amines) is 1. The fourth-order valence-electron chi connectivity index (χ4n) is 4.46. The van der Waals surface area contributed by atoms with Crippen LogP contribution < -0.4 is 5.32 Å². The maximum atomic E-state index is 12.4. The predicted molar refractivity (Wildman–Crippen MR) is 120 cm³/mol. The van der Waals surface area contributed by atoms with Gasteiger partial charge in [0.05, 0.1) is 12.7 Å². The van der Waals surface area contributed by atoms with Crippen molar-refractivity contribution in [3.63, 3.8) is 0 Å². The highest BCUT2D eigenvalue weighted by Gasteiger charge is 2.38. The van der Waals surface area contributed by atoms with Crippen LogP contribution in [0.5, 0.6) is 0 Å². The lowest BCUT2D eigenvalue weighted by Gasteiger charge is -2.37. The van der Waals surface area contributed by atoms with Crippen LogP contribution in [0, 0.1) is 0 Å². The van der Waals surface area contributed by atoms with Gasteiger partial charge in [-0.25, -0.2) is 14.3 Å². The van der Waals surface area contributed by atoms with Crippen LogP contribution in [0.2, 0.25) is 0 Å². The second-order valence-corrected chi connectivity index (χ2v) is 8.26. The van der Waals surface area contributed by atoms with E-state index < -0.39 is 24.0 Å². The summed E-state index contributed by atoms with van der Waals surface area (Å²) in [7, 11) is 0. The van der Waals surface area contributed by atoms with E-state index in [1.807, 2.05) is 24.3 Å². The average molecular weight is 461 g/mol. The van der Waals surface area contributed by atoms with Gasteiger partial charge in [0.15, 0.2) is 5.69 Å². The summed E-state index contributed by atoms with van der Waals surface area (Å²) in [5.41, 5.74) is 4.69. The van der Waals surface area contributed by atoms with Gasteiger partial charge in [-0.05, 0) is 28.7 Å². The van der Waals surface area contributed by atoms with Gasteiger partial charge in [-0.2, -0.15) is 0 Å². The molecule has 5 rings (SSSR count). The molecule has 0 spiro atoms. The molecule has 1 saturated heterocycles. The van der Waals surface area contributed by atoms with Gasteiger partial charge in [-0.15, -0.1) is 5.10 Å². The molecule has 2 aliphatic rings.